The molecule has 1 N–H and O–H groups in total. The van der Waals surface area contributed by atoms with Crippen LogP contribution in [0.25, 0.3) is 11.0 Å². The molecule has 1 aromatic heterocycles. The van der Waals surface area contributed by atoms with E-state index in [0.29, 0.717) is 18.9 Å². The van der Waals surface area contributed by atoms with Gasteiger partial charge in [-0.15, -0.1) is 0 Å². The third-order valence-electron chi connectivity index (χ3n) is 6.16. The highest BCUT2D eigenvalue weighted by atomic mass is 19.4. The van der Waals surface area contributed by atoms with Crippen LogP contribution in [-0.4, -0.2) is 34.9 Å². The van der Waals surface area contributed by atoms with Crippen molar-refractivity contribution in [3.05, 3.63) is 40.2 Å². The molecule has 2 aromatic rings. The van der Waals surface area contributed by atoms with Crippen molar-refractivity contribution in [3.63, 3.8) is 0 Å². The fourth-order valence-electron chi connectivity index (χ4n) is 5.38. The van der Waals surface area contributed by atoms with Gasteiger partial charge in [0.1, 0.15) is 23.4 Å². The summed E-state index contributed by atoms with van der Waals surface area (Å²) in [5, 5.41) is 2.37. The molecule has 34 heavy (non-hydrogen) atoms. The molecule has 1 saturated heterocycles. The molecule has 4 rings (SSSR count). The van der Waals surface area contributed by atoms with Crippen molar-refractivity contribution in [2.45, 2.75) is 51.7 Å². The number of ether oxygens (including phenoxy) is 1. The minimum Gasteiger partial charge on any atom is -0.425 e. The Morgan fingerprint density at radius 2 is 1.91 bits per heavy atom. The predicted octanol–water partition coefficient (Wildman–Crippen LogP) is 3.85. The van der Waals surface area contributed by atoms with Gasteiger partial charge in [-0.3, -0.25) is 9.69 Å². The molecule has 2 heterocycles. The largest absolute Gasteiger partial charge is 0.425 e. The average Bonchev–Trinajstić information content (AvgIpc) is 2.88. The number of hydrogen-bond donors (Lipinski definition) is 1. The SMILES string of the molecule is C[C@@H]1CC(C)(C)C[C@]2(C1)NC(=O)N(CC(=O)Oc1ccc3c(C(F)(F)F)cc(=O)oc3c1)C2=O. The topological polar surface area (TPSA) is 106 Å². The smallest absolute Gasteiger partial charge is 0.417 e. The highest BCUT2D eigenvalue weighted by molar-refractivity contribution is 6.09. The van der Waals surface area contributed by atoms with Crippen LogP contribution in [0.4, 0.5) is 18.0 Å². The van der Waals surface area contributed by atoms with E-state index in [1.165, 1.54) is 0 Å². The molecule has 8 nitrogen and oxygen atoms in total. The van der Waals surface area contributed by atoms with E-state index in [1.54, 1.807) is 0 Å². The first-order valence-electron chi connectivity index (χ1n) is 10.7. The van der Waals surface area contributed by atoms with E-state index in [2.05, 4.69) is 5.32 Å². The number of nitrogens with zero attached hydrogens (tertiary/aromatic N) is 1. The normalized spacial score (nSPS) is 24.5. The number of esters is 1. The third-order valence-corrected chi connectivity index (χ3v) is 6.16. The van der Waals surface area contributed by atoms with Crippen LogP contribution in [0.15, 0.2) is 33.5 Å². The zero-order valence-corrected chi connectivity index (χ0v) is 18.7. The van der Waals surface area contributed by atoms with Gasteiger partial charge in [0.15, 0.2) is 0 Å². The maximum atomic E-state index is 13.2. The van der Waals surface area contributed by atoms with Crippen LogP contribution >= 0.6 is 0 Å². The quantitative estimate of drug-likeness (QED) is 0.310. The molecule has 1 aliphatic carbocycles. The molecule has 3 amide bonds. The predicted molar refractivity (Wildman–Crippen MR) is 113 cm³/mol. The molecule has 1 spiro atoms. The van der Waals surface area contributed by atoms with Crippen molar-refractivity contribution in [2.24, 2.45) is 11.3 Å². The standard InChI is InChI=1S/C23H23F3N2O6/c1-12-8-21(2,3)11-22(9-12)19(31)28(20(32)27-22)10-18(30)33-13-4-5-14-15(23(24,25)26)7-17(29)34-16(14)6-13/h4-7,12H,8-11H2,1-3H3,(H,27,32)/t12-,22+/m1/s1. The van der Waals surface area contributed by atoms with Crippen LogP contribution < -0.4 is 15.7 Å². The Balaban J connectivity index is 1.52. The molecule has 1 saturated carbocycles. The highest BCUT2D eigenvalue weighted by Crippen LogP contribution is 2.46. The number of carbonyl (C=O) groups excluding carboxylic acids is 3. The maximum Gasteiger partial charge on any atom is 0.417 e. The Morgan fingerprint density at radius 1 is 1.21 bits per heavy atom. The molecule has 1 aliphatic heterocycles. The van der Waals surface area contributed by atoms with Crippen molar-refractivity contribution < 1.29 is 36.7 Å². The Morgan fingerprint density at radius 3 is 2.56 bits per heavy atom. The fraction of sp³-hybridized carbons (Fsp3) is 0.478. The second-order valence-electron chi connectivity index (χ2n) is 9.87. The number of rotatable bonds is 3. The molecule has 1 aromatic carbocycles. The van der Waals surface area contributed by atoms with E-state index < -0.39 is 52.9 Å². The summed E-state index contributed by atoms with van der Waals surface area (Å²) in [6, 6.07) is 2.73. The van der Waals surface area contributed by atoms with Gasteiger partial charge < -0.3 is 14.5 Å². The molecule has 11 heteroatoms. The molecule has 0 radical (unpaired) electrons. The lowest BCUT2D eigenvalue weighted by atomic mass is 9.64. The fourth-order valence-corrected chi connectivity index (χ4v) is 5.38. The minimum absolute atomic E-state index is 0.179. The first-order valence-corrected chi connectivity index (χ1v) is 10.7. The number of alkyl halides is 3. The monoisotopic (exact) mass is 480 g/mol. The van der Waals surface area contributed by atoms with E-state index in [0.717, 1.165) is 29.5 Å². The van der Waals surface area contributed by atoms with Crippen molar-refractivity contribution in [3.8, 4) is 5.75 Å². The van der Waals surface area contributed by atoms with Crippen LogP contribution in [0.1, 0.15) is 45.6 Å². The maximum absolute atomic E-state index is 13.2. The van der Waals surface area contributed by atoms with Gasteiger partial charge >= 0.3 is 23.8 Å². The summed E-state index contributed by atoms with van der Waals surface area (Å²) < 4.78 is 49.5. The Kier molecular flexibility index (Phi) is 5.49. The first-order chi connectivity index (χ1) is 15.7. The molecule has 2 aliphatic rings. The van der Waals surface area contributed by atoms with Gasteiger partial charge in [0.25, 0.3) is 5.91 Å². The summed E-state index contributed by atoms with van der Waals surface area (Å²) in [7, 11) is 0. The van der Waals surface area contributed by atoms with Crippen LogP contribution in [0.5, 0.6) is 5.75 Å². The first kappa shape index (κ1) is 23.8. The van der Waals surface area contributed by atoms with Gasteiger partial charge in [-0.05, 0) is 42.7 Å². The molecule has 182 valence electrons. The Hall–Kier alpha value is -3.37. The second kappa shape index (κ2) is 7.85. The Bertz CT molecular complexity index is 1250. The highest BCUT2D eigenvalue weighted by Gasteiger charge is 2.56. The number of amides is 3. The molecule has 2 atom stereocenters. The van der Waals surface area contributed by atoms with Gasteiger partial charge in [-0.25, -0.2) is 14.4 Å². The van der Waals surface area contributed by atoms with Crippen LogP contribution in [0.3, 0.4) is 0 Å². The van der Waals surface area contributed by atoms with Gasteiger partial charge in [0.05, 0.1) is 5.56 Å². The number of carbonyl (C=O) groups is 3. The van der Waals surface area contributed by atoms with Gasteiger partial charge in [0, 0.05) is 17.5 Å². The number of imide groups is 1. The molecule has 2 fully saturated rings. The lowest BCUT2D eigenvalue weighted by Crippen LogP contribution is -2.54. The molecular formula is C23H23F3N2O6. The lowest BCUT2D eigenvalue weighted by Gasteiger charge is -2.43. The van der Waals surface area contributed by atoms with Crippen LogP contribution in [-0.2, 0) is 15.8 Å². The zero-order chi connectivity index (χ0) is 25.1. The van der Waals surface area contributed by atoms with Crippen molar-refractivity contribution in [1.29, 1.82) is 0 Å². The summed E-state index contributed by atoms with van der Waals surface area (Å²) in [6.45, 7) is 5.36. The number of hydrogen-bond acceptors (Lipinski definition) is 6. The van der Waals surface area contributed by atoms with Crippen molar-refractivity contribution in [1.82, 2.24) is 10.2 Å². The van der Waals surface area contributed by atoms with E-state index in [-0.39, 0.29) is 22.5 Å². The van der Waals surface area contributed by atoms with E-state index >= 15 is 0 Å². The number of benzene rings is 1. The summed E-state index contributed by atoms with van der Waals surface area (Å²) in [5.41, 5.74) is -4.07. The number of urea groups is 1. The summed E-state index contributed by atoms with van der Waals surface area (Å²) in [6.07, 6.45) is -2.99. The van der Waals surface area contributed by atoms with E-state index in [9.17, 15) is 32.3 Å². The van der Waals surface area contributed by atoms with Gasteiger partial charge in [0.2, 0.25) is 0 Å². The average molecular weight is 480 g/mol. The lowest BCUT2D eigenvalue weighted by molar-refractivity contribution is -0.142. The second-order valence-corrected chi connectivity index (χ2v) is 9.87. The third kappa shape index (κ3) is 4.38. The summed E-state index contributed by atoms with van der Waals surface area (Å²) in [5.74, 6) is -1.49. The number of halogens is 3. The number of nitrogens with one attached hydrogen (secondary N) is 1. The van der Waals surface area contributed by atoms with Crippen molar-refractivity contribution >= 4 is 28.9 Å². The van der Waals surface area contributed by atoms with E-state index in [4.69, 9.17) is 9.15 Å². The summed E-state index contributed by atoms with van der Waals surface area (Å²) >= 11 is 0. The summed E-state index contributed by atoms with van der Waals surface area (Å²) in [4.78, 5) is 50.5. The van der Waals surface area contributed by atoms with Gasteiger partial charge in [-0.1, -0.05) is 20.8 Å². The zero-order valence-electron chi connectivity index (χ0n) is 18.7. The van der Waals surface area contributed by atoms with E-state index in [1.807, 2.05) is 20.8 Å². The van der Waals surface area contributed by atoms with Crippen LogP contribution in [0, 0.1) is 11.3 Å². The number of fused-ring (bicyclic) bond motifs is 1. The van der Waals surface area contributed by atoms with Crippen molar-refractivity contribution in [2.75, 3.05) is 6.54 Å². The Labute approximate surface area is 192 Å². The minimum atomic E-state index is -4.78. The van der Waals surface area contributed by atoms with Gasteiger partial charge in [-0.2, -0.15) is 13.2 Å². The molecule has 0 bridgehead atoms. The molecular weight excluding hydrogens is 457 g/mol. The molecule has 0 unspecified atom stereocenters. The van der Waals surface area contributed by atoms with Crippen LogP contribution in [0.2, 0.25) is 0 Å².